The van der Waals surface area contributed by atoms with Crippen LogP contribution in [0.4, 0.5) is 0 Å². The van der Waals surface area contributed by atoms with Crippen LogP contribution in [0.5, 0.6) is 17.2 Å². The molecule has 3 aromatic carbocycles. The van der Waals surface area contributed by atoms with Gasteiger partial charge in [-0.2, -0.15) is 0 Å². The predicted octanol–water partition coefficient (Wildman–Crippen LogP) is 4.82. The number of H-pyrrole nitrogens is 1. The third kappa shape index (κ3) is 5.05. The number of rotatable bonds is 9. The van der Waals surface area contributed by atoms with Crippen LogP contribution in [0, 0.1) is 13.8 Å². The van der Waals surface area contributed by atoms with Gasteiger partial charge in [0.05, 0.1) is 19.2 Å². The average molecular weight is 461 g/mol. The van der Waals surface area contributed by atoms with E-state index in [9.17, 15) is 4.79 Å². The second-order valence-electron chi connectivity index (χ2n) is 7.99. The Morgan fingerprint density at radius 3 is 2.32 bits per heavy atom. The highest BCUT2D eigenvalue weighted by Gasteiger charge is 2.15. The Balaban J connectivity index is 1.69. The Labute approximate surface area is 198 Å². The lowest BCUT2D eigenvalue weighted by Crippen LogP contribution is -2.13. The monoisotopic (exact) mass is 460 g/mol. The Bertz CT molecular complexity index is 1330. The van der Waals surface area contributed by atoms with E-state index in [4.69, 9.17) is 23.9 Å². The van der Waals surface area contributed by atoms with Gasteiger partial charge in [-0.25, -0.2) is 4.98 Å². The van der Waals surface area contributed by atoms with Crippen LogP contribution in [0.1, 0.15) is 16.7 Å². The molecular formula is C27H28N2O5. The SMILES string of the molecule is COCCOc1cc(OC)cc2nc(-c3cc(C)c(OCc4ccccc4)c(C)c3)[nH]c(=O)c12. The molecule has 0 spiro atoms. The molecule has 4 aromatic rings. The molecule has 1 aromatic heterocycles. The van der Waals surface area contributed by atoms with Gasteiger partial charge in [0.2, 0.25) is 0 Å². The van der Waals surface area contributed by atoms with Gasteiger partial charge in [0.15, 0.2) is 0 Å². The lowest BCUT2D eigenvalue weighted by atomic mass is 10.0. The van der Waals surface area contributed by atoms with Crippen molar-refractivity contribution in [2.45, 2.75) is 20.5 Å². The second kappa shape index (κ2) is 10.4. The third-order valence-corrected chi connectivity index (χ3v) is 5.49. The van der Waals surface area contributed by atoms with Crippen LogP contribution in [0.15, 0.2) is 59.4 Å². The van der Waals surface area contributed by atoms with Crippen LogP contribution in [0.2, 0.25) is 0 Å². The zero-order valence-electron chi connectivity index (χ0n) is 19.8. The molecule has 0 radical (unpaired) electrons. The summed E-state index contributed by atoms with van der Waals surface area (Å²) in [5, 5.41) is 0.372. The van der Waals surface area contributed by atoms with E-state index in [0.717, 1.165) is 28.0 Å². The number of fused-ring (bicyclic) bond motifs is 1. The molecule has 0 atom stereocenters. The lowest BCUT2D eigenvalue weighted by molar-refractivity contribution is 0.147. The minimum absolute atomic E-state index is 0.283. The van der Waals surface area contributed by atoms with Crippen molar-refractivity contribution in [3.63, 3.8) is 0 Å². The Morgan fingerprint density at radius 2 is 1.65 bits per heavy atom. The number of hydrogen-bond donors (Lipinski definition) is 1. The first-order valence-corrected chi connectivity index (χ1v) is 11.0. The molecule has 7 nitrogen and oxygen atoms in total. The van der Waals surface area contributed by atoms with E-state index in [1.165, 1.54) is 0 Å². The van der Waals surface area contributed by atoms with Gasteiger partial charge in [-0.05, 0) is 42.7 Å². The summed E-state index contributed by atoms with van der Waals surface area (Å²) in [5.74, 6) is 2.25. The van der Waals surface area contributed by atoms with Crippen LogP contribution >= 0.6 is 0 Å². The van der Waals surface area contributed by atoms with Gasteiger partial charge >= 0.3 is 0 Å². The predicted molar refractivity (Wildman–Crippen MR) is 132 cm³/mol. The van der Waals surface area contributed by atoms with Crippen molar-refractivity contribution < 1.29 is 18.9 Å². The van der Waals surface area contributed by atoms with Gasteiger partial charge in [-0.15, -0.1) is 0 Å². The summed E-state index contributed by atoms with van der Waals surface area (Å²) in [6.45, 7) is 5.17. The van der Waals surface area contributed by atoms with E-state index in [-0.39, 0.29) is 5.56 Å². The summed E-state index contributed by atoms with van der Waals surface area (Å²) in [7, 11) is 3.16. The van der Waals surface area contributed by atoms with Gasteiger partial charge in [-0.1, -0.05) is 30.3 Å². The van der Waals surface area contributed by atoms with E-state index in [1.807, 2.05) is 56.3 Å². The summed E-state index contributed by atoms with van der Waals surface area (Å²) in [6, 6.07) is 17.4. The minimum atomic E-state index is -0.283. The van der Waals surface area contributed by atoms with Crippen LogP contribution in [-0.4, -0.2) is 37.4 Å². The number of aromatic amines is 1. The highest BCUT2D eigenvalue weighted by molar-refractivity contribution is 5.87. The first-order chi connectivity index (χ1) is 16.5. The molecule has 0 aliphatic rings. The van der Waals surface area contributed by atoms with Crippen LogP contribution in [0.25, 0.3) is 22.3 Å². The van der Waals surface area contributed by atoms with Gasteiger partial charge < -0.3 is 23.9 Å². The van der Waals surface area contributed by atoms with E-state index in [1.54, 1.807) is 26.4 Å². The Kier molecular flexibility index (Phi) is 7.13. The van der Waals surface area contributed by atoms with E-state index < -0.39 is 0 Å². The summed E-state index contributed by atoms with van der Waals surface area (Å²) in [6.07, 6.45) is 0. The second-order valence-corrected chi connectivity index (χ2v) is 7.99. The number of benzene rings is 3. The smallest absolute Gasteiger partial charge is 0.262 e. The molecule has 0 saturated carbocycles. The fourth-order valence-corrected chi connectivity index (χ4v) is 3.86. The number of ether oxygens (including phenoxy) is 4. The molecular weight excluding hydrogens is 432 g/mol. The largest absolute Gasteiger partial charge is 0.497 e. The van der Waals surface area contributed by atoms with E-state index in [0.29, 0.717) is 48.0 Å². The molecule has 176 valence electrons. The van der Waals surface area contributed by atoms with Crippen LogP contribution in [-0.2, 0) is 11.3 Å². The lowest BCUT2D eigenvalue weighted by Gasteiger charge is -2.15. The van der Waals surface area contributed by atoms with Gasteiger partial charge in [0.25, 0.3) is 5.56 Å². The van der Waals surface area contributed by atoms with Crippen molar-refractivity contribution in [2.24, 2.45) is 0 Å². The number of nitrogens with one attached hydrogen (secondary N) is 1. The topological polar surface area (TPSA) is 82.7 Å². The summed E-state index contributed by atoms with van der Waals surface area (Å²) in [5.41, 5.74) is 4.03. The Hall–Kier alpha value is -3.84. The summed E-state index contributed by atoms with van der Waals surface area (Å²) < 4.78 is 22.3. The number of aromatic nitrogens is 2. The molecule has 1 heterocycles. The van der Waals surface area contributed by atoms with Crippen molar-refractivity contribution in [1.82, 2.24) is 9.97 Å². The van der Waals surface area contributed by atoms with Crippen molar-refractivity contribution in [3.8, 4) is 28.6 Å². The van der Waals surface area contributed by atoms with E-state index >= 15 is 0 Å². The molecule has 0 unspecified atom stereocenters. The minimum Gasteiger partial charge on any atom is -0.497 e. The molecule has 0 saturated heterocycles. The van der Waals surface area contributed by atoms with Crippen molar-refractivity contribution in [2.75, 3.05) is 27.4 Å². The van der Waals surface area contributed by atoms with Gasteiger partial charge in [-0.3, -0.25) is 4.79 Å². The van der Waals surface area contributed by atoms with Crippen LogP contribution < -0.4 is 19.8 Å². The van der Waals surface area contributed by atoms with Crippen molar-refractivity contribution in [3.05, 3.63) is 81.6 Å². The third-order valence-electron chi connectivity index (χ3n) is 5.49. The first kappa shape index (κ1) is 23.3. The number of methoxy groups -OCH3 is 2. The normalized spacial score (nSPS) is 10.9. The molecule has 0 fully saturated rings. The molecule has 7 heteroatoms. The maximum atomic E-state index is 13.0. The molecule has 4 rings (SSSR count). The highest BCUT2D eigenvalue weighted by Crippen LogP contribution is 2.32. The maximum absolute atomic E-state index is 13.0. The fraction of sp³-hybridized carbons (Fsp3) is 0.259. The maximum Gasteiger partial charge on any atom is 0.262 e. The quantitative estimate of drug-likeness (QED) is 0.361. The highest BCUT2D eigenvalue weighted by atomic mass is 16.5. The molecule has 0 aliphatic heterocycles. The van der Waals surface area contributed by atoms with Gasteiger partial charge in [0.1, 0.15) is 41.7 Å². The summed E-state index contributed by atoms with van der Waals surface area (Å²) in [4.78, 5) is 20.7. The first-order valence-electron chi connectivity index (χ1n) is 11.0. The molecule has 1 N–H and O–H groups in total. The molecule has 0 bridgehead atoms. The molecule has 0 aliphatic carbocycles. The molecule has 34 heavy (non-hydrogen) atoms. The number of nitrogens with zero attached hydrogens (tertiary/aromatic N) is 1. The number of hydrogen-bond acceptors (Lipinski definition) is 6. The zero-order chi connectivity index (χ0) is 24.1. The standard InChI is InChI=1S/C27H28N2O5/c1-17-12-20(13-18(2)25(17)34-16-19-8-6-5-7-9-19)26-28-22-14-21(32-4)15-23(33-11-10-31-3)24(22)27(30)29-26/h5-9,12-15H,10-11,16H2,1-4H3,(H,28,29,30). The fourth-order valence-electron chi connectivity index (χ4n) is 3.86. The molecule has 0 amide bonds. The average Bonchev–Trinajstić information content (AvgIpc) is 2.83. The number of aryl methyl sites for hydroxylation is 2. The van der Waals surface area contributed by atoms with Crippen molar-refractivity contribution >= 4 is 10.9 Å². The summed E-state index contributed by atoms with van der Waals surface area (Å²) >= 11 is 0. The van der Waals surface area contributed by atoms with Crippen molar-refractivity contribution in [1.29, 1.82) is 0 Å². The van der Waals surface area contributed by atoms with Crippen LogP contribution in [0.3, 0.4) is 0 Å². The van der Waals surface area contributed by atoms with Gasteiger partial charge in [0, 0.05) is 24.8 Å². The Morgan fingerprint density at radius 1 is 0.912 bits per heavy atom. The zero-order valence-corrected chi connectivity index (χ0v) is 19.8. The van der Waals surface area contributed by atoms with E-state index in [2.05, 4.69) is 4.98 Å².